The van der Waals surface area contributed by atoms with Gasteiger partial charge in [-0.05, 0) is 37.6 Å². The maximum absolute atomic E-state index is 12.2. The number of carbonyl (C=O) groups is 2. The van der Waals surface area contributed by atoms with E-state index in [0.29, 0.717) is 17.1 Å². The fraction of sp³-hybridized carbons (Fsp3) is 0.235. The van der Waals surface area contributed by atoms with Crippen LogP contribution in [0.4, 0.5) is 0 Å². The zero-order valence-corrected chi connectivity index (χ0v) is 13.7. The van der Waals surface area contributed by atoms with Crippen LogP contribution in [0, 0.1) is 0 Å². The van der Waals surface area contributed by atoms with E-state index in [2.05, 4.69) is 15.6 Å². The van der Waals surface area contributed by atoms with Gasteiger partial charge < -0.3 is 10.6 Å². The number of rotatable bonds is 5. The third kappa shape index (κ3) is 4.79. The number of carbonyl (C=O) groups excluding carboxylic acids is 2. The Labute approximate surface area is 140 Å². The van der Waals surface area contributed by atoms with Gasteiger partial charge >= 0.3 is 0 Å². The van der Waals surface area contributed by atoms with Crippen molar-refractivity contribution in [2.45, 2.75) is 26.4 Å². The van der Waals surface area contributed by atoms with Gasteiger partial charge in [0.15, 0.2) is 0 Å². The third-order valence-electron chi connectivity index (χ3n) is 3.07. The second-order valence-corrected chi connectivity index (χ2v) is 5.74. The molecule has 1 heterocycles. The Hall–Kier alpha value is -2.40. The molecule has 2 N–H and O–H groups in total. The average molecular weight is 332 g/mol. The Morgan fingerprint density at radius 2 is 1.91 bits per heavy atom. The maximum Gasteiger partial charge on any atom is 0.270 e. The molecule has 6 heteroatoms. The number of amides is 2. The lowest BCUT2D eigenvalue weighted by molar-refractivity contribution is 0.0938. The van der Waals surface area contributed by atoms with E-state index in [1.807, 2.05) is 32.0 Å². The number of hydrogen-bond donors (Lipinski definition) is 2. The Kier molecular flexibility index (Phi) is 5.71. The molecule has 0 spiro atoms. The number of hydrogen-bond acceptors (Lipinski definition) is 3. The zero-order chi connectivity index (χ0) is 16.8. The van der Waals surface area contributed by atoms with E-state index >= 15 is 0 Å². The quantitative estimate of drug-likeness (QED) is 0.885. The Morgan fingerprint density at radius 3 is 2.61 bits per heavy atom. The molecule has 0 aliphatic rings. The first kappa shape index (κ1) is 17.0. The van der Waals surface area contributed by atoms with Crippen LogP contribution in [-0.4, -0.2) is 22.8 Å². The van der Waals surface area contributed by atoms with Gasteiger partial charge in [-0.25, -0.2) is 0 Å². The van der Waals surface area contributed by atoms with Gasteiger partial charge in [-0.1, -0.05) is 29.8 Å². The smallest absolute Gasteiger partial charge is 0.270 e. The molecular weight excluding hydrogens is 314 g/mol. The number of aromatic nitrogens is 1. The molecule has 120 valence electrons. The van der Waals surface area contributed by atoms with Crippen LogP contribution in [-0.2, 0) is 6.54 Å². The number of pyridine rings is 1. The average Bonchev–Trinajstić information content (AvgIpc) is 2.53. The molecular formula is C17H18ClN3O2. The topological polar surface area (TPSA) is 71.1 Å². The summed E-state index contributed by atoms with van der Waals surface area (Å²) in [5.74, 6) is -0.591. The predicted molar refractivity (Wildman–Crippen MR) is 89.5 cm³/mol. The van der Waals surface area contributed by atoms with E-state index in [1.165, 1.54) is 12.3 Å². The van der Waals surface area contributed by atoms with Crippen molar-refractivity contribution in [3.8, 4) is 0 Å². The maximum atomic E-state index is 12.2. The summed E-state index contributed by atoms with van der Waals surface area (Å²) in [6.45, 7) is 4.03. The van der Waals surface area contributed by atoms with Crippen LogP contribution in [0.1, 0.15) is 40.3 Å². The first-order chi connectivity index (χ1) is 11.0. The monoisotopic (exact) mass is 331 g/mol. The van der Waals surface area contributed by atoms with Crippen molar-refractivity contribution < 1.29 is 9.59 Å². The summed E-state index contributed by atoms with van der Waals surface area (Å²) in [5.41, 5.74) is 1.42. The summed E-state index contributed by atoms with van der Waals surface area (Å²) in [6.07, 6.45) is 1.44. The number of nitrogens with one attached hydrogen (secondary N) is 2. The minimum atomic E-state index is -0.305. The van der Waals surface area contributed by atoms with E-state index < -0.39 is 0 Å². The molecule has 2 amide bonds. The van der Waals surface area contributed by atoms with E-state index in [4.69, 9.17) is 11.6 Å². The molecule has 0 unspecified atom stereocenters. The van der Waals surface area contributed by atoms with E-state index in [9.17, 15) is 9.59 Å². The highest BCUT2D eigenvalue weighted by molar-refractivity contribution is 6.31. The summed E-state index contributed by atoms with van der Waals surface area (Å²) in [4.78, 5) is 28.1. The molecule has 5 nitrogen and oxygen atoms in total. The normalized spacial score (nSPS) is 10.4. The molecule has 1 aromatic heterocycles. The number of benzene rings is 1. The molecule has 0 saturated heterocycles. The molecule has 2 rings (SSSR count). The second kappa shape index (κ2) is 7.74. The van der Waals surface area contributed by atoms with Crippen molar-refractivity contribution in [3.63, 3.8) is 0 Å². The summed E-state index contributed by atoms with van der Waals surface area (Å²) in [7, 11) is 0. The lowest BCUT2D eigenvalue weighted by Gasteiger charge is -2.09. The van der Waals surface area contributed by atoms with Crippen molar-refractivity contribution in [2.24, 2.45) is 0 Å². The van der Waals surface area contributed by atoms with Crippen LogP contribution >= 0.6 is 11.6 Å². The summed E-state index contributed by atoms with van der Waals surface area (Å²) in [5, 5.41) is 6.12. The molecule has 0 fully saturated rings. The molecule has 1 aromatic carbocycles. The van der Waals surface area contributed by atoms with Gasteiger partial charge in [0, 0.05) is 29.4 Å². The molecule has 0 atom stereocenters. The largest absolute Gasteiger partial charge is 0.349 e. The Balaban J connectivity index is 2.05. The SMILES string of the molecule is CC(C)NC(=O)c1cc(C(=O)NCc2ccccc2Cl)ccn1. The van der Waals surface area contributed by atoms with Crippen LogP contribution < -0.4 is 10.6 Å². The molecule has 0 saturated carbocycles. The fourth-order valence-corrected chi connectivity index (χ4v) is 2.15. The van der Waals surface area contributed by atoms with Crippen molar-refractivity contribution in [1.82, 2.24) is 15.6 Å². The van der Waals surface area contributed by atoms with Crippen LogP contribution in [0.15, 0.2) is 42.6 Å². The van der Waals surface area contributed by atoms with Crippen LogP contribution in [0.2, 0.25) is 5.02 Å². The first-order valence-electron chi connectivity index (χ1n) is 7.26. The lowest BCUT2D eigenvalue weighted by Crippen LogP contribution is -2.31. The molecule has 0 bridgehead atoms. The molecule has 0 aliphatic heterocycles. The van der Waals surface area contributed by atoms with Crippen LogP contribution in [0.25, 0.3) is 0 Å². The number of halogens is 1. The molecule has 0 aliphatic carbocycles. The van der Waals surface area contributed by atoms with Crippen molar-refractivity contribution in [3.05, 3.63) is 64.4 Å². The number of nitrogens with zero attached hydrogens (tertiary/aromatic N) is 1. The predicted octanol–water partition coefficient (Wildman–Crippen LogP) is 2.80. The third-order valence-corrected chi connectivity index (χ3v) is 3.44. The van der Waals surface area contributed by atoms with Crippen molar-refractivity contribution >= 4 is 23.4 Å². The minimum Gasteiger partial charge on any atom is -0.349 e. The summed E-state index contributed by atoms with van der Waals surface area (Å²) in [6, 6.07) is 10.3. The Bertz CT molecular complexity index is 716. The highest BCUT2D eigenvalue weighted by Crippen LogP contribution is 2.14. The van der Waals surface area contributed by atoms with E-state index in [0.717, 1.165) is 5.56 Å². The fourth-order valence-electron chi connectivity index (χ4n) is 1.95. The lowest BCUT2D eigenvalue weighted by atomic mass is 10.2. The van der Waals surface area contributed by atoms with Crippen LogP contribution in [0.3, 0.4) is 0 Å². The zero-order valence-electron chi connectivity index (χ0n) is 13.0. The molecule has 0 radical (unpaired) electrons. The highest BCUT2D eigenvalue weighted by atomic mass is 35.5. The minimum absolute atomic E-state index is 0.00186. The van der Waals surface area contributed by atoms with Gasteiger partial charge in [-0.15, -0.1) is 0 Å². The van der Waals surface area contributed by atoms with Crippen molar-refractivity contribution in [2.75, 3.05) is 0 Å². The first-order valence-corrected chi connectivity index (χ1v) is 7.63. The standard InChI is InChI=1S/C17H18ClN3O2/c1-11(2)21-17(23)15-9-12(7-8-19-15)16(22)20-10-13-5-3-4-6-14(13)18/h3-9,11H,10H2,1-2H3,(H,20,22)(H,21,23). The molecule has 2 aromatic rings. The van der Waals surface area contributed by atoms with Gasteiger partial charge in [-0.3, -0.25) is 14.6 Å². The van der Waals surface area contributed by atoms with Gasteiger partial charge in [-0.2, -0.15) is 0 Å². The summed E-state index contributed by atoms with van der Waals surface area (Å²) >= 11 is 6.05. The summed E-state index contributed by atoms with van der Waals surface area (Å²) < 4.78 is 0. The van der Waals surface area contributed by atoms with E-state index in [-0.39, 0.29) is 23.6 Å². The van der Waals surface area contributed by atoms with Gasteiger partial charge in [0.1, 0.15) is 5.69 Å². The van der Waals surface area contributed by atoms with E-state index in [1.54, 1.807) is 12.1 Å². The molecule has 23 heavy (non-hydrogen) atoms. The highest BCUT2D eigenvalue weighted by Gasteiger charge is 2.12. The van der Waals surface area contributed by atoms with Crippen molar-refractivity contribution in [1.29, 1.82) is 0 Å². The van der Waals surface area contributed by atoms with Gasteiger partial charge in [0.05, 0.1) is 0 Å². The van der Waals surface area contributed by atoms with Crippen LogP contribution in [0.5, 0.6) is 0 Å². The Morgan fingerprint density at radius 1 is 1.17 bits per heavy atom. The second-order valence-electron chi connectivity index (χ2n) is 5.33. The van der Waals surface area contributed by atoms with Gasteiger partial charge in [0.25, 0.3) is 11.8 Å². The van der Waals surface area contributed by atoms with Gasteiger partial charge in [0.2, 0.25) is 0 Å².